The van der Waals surface area contributed by atoms with E-state index in [1.54, 1.807) is 0 Å². The Morgan fingerprint density at radius 2 is 2.16 bits per heavy atom. The topological polar surface area (TPSA) is 26.3 Å². The summed E-state index contributed by atoms with van der Waals surface area (Å²) in [6.45, 7) is 4.62. The number of rotatable bonds is 3. The summed E-state index contributed by atoms with van der Waals surface area (Å²) in [4.78, 5) is 12.1. The van der Waals surface area contributed by atoms with Gasteiger partial charge in [0.25, 0.3) is 0 Å². The van der Waals surface area contributed by atoms with Crippen LogP contribution in [0.25, 0.3) is 6.08 Å². The highest BCUT2D eigenvalue weighted by Crippen LogP contribution is 2.52. The van der Waals surface area contributed by atoms with Crippen LogP contribution in [0.2, 0.25) is 0 Å². The zero-order valence-corrected chi connectivity index (χ0v) is 11.0. The van der Waals surface area contributed by atoms with Crippen LogP contribution in [-0.2, 0) is 9.53 Å². The van der Waals surface area contributed by atoms with Crippen molar-refractivity contribution in [1.29, 1.82) is 0 Å². The fourth-order valence-electron chi connectivity index (χ4n) is 3.28. The number of cyclic esters (lactones) is 1. The van der Waals surface area contributed by atoms with Gasteiger partial charge < -0.3 is 4.74 Å². The molecule has 2 unspecified atom stereocenters. The van der Waals surface area contributed by atoms with Gasteiger partial charge in [0.05, 0.1) is 12.0 Å². The highest BCUT2D eigenvalue weighted by atomic mass is 16.5. The van der Waals surface area contributed by atoms with E-state index in [1.165, 1.54) is 11.1 Å². The first-order chi connectivity index (χ1) is 9.21. The standard InChI is InChI=1S/C17H18O2/c1-13-10-15-12-19-16(18)17(15,11-13)9-5-8-14-6-3-2-4-7-14/h2-8,15H,1,9-12H2/b8-5+. The Kier molecular flexibility index (Phi) is 3.02. The van der Waals surface area contributed by atoms with E-state index in [9.17, 15) is 4.79 Å². The maximum atomic E-state index is 12.1. The number of esters is 1. The van der Waals surface area contributed by atoms with E-state index < -0.39 is 0 Å². The smallest absolute Gasteiger partial charge is 0.313 e. The van der Waals surface area contributed by atoms with Gasteiger partial charge in [0.1, 0.15) is 0 Å². The van der Waals surface area contributed by atoms with Crippen LogP contribution in [0.15, 0.2) is 48.6 Å². The fourth-order valence-corrected chi connectivity index (χ4v) is 3.28. The van der Waals surface area contributed by atoms with E-state index in [4.69, 9.17) is 4.74 Å². The molecule has 1 saturated carbocycles. The van der Waals surface area contributed by atoms with Gasteiger partial charge >= 0.3 is 5.97 Å². The number of benzene rings is 1. The molecule has 0 N–H and O–H groups in total. The molecule has 98 valence electrons. The number of ether oxygens (including phenoxy) is 1. The first kappa shape index (κ1) is 12.2. The van der Waals surface area contributed by atoms with Gasteiger partial charge in [0.15, 0.2) is 0 Å². The van der Waals surface area contributed by atoms with E-state index >= 15 is 0 Å². The number of hydrogen-bond acceptors (Lipinski definition) is 2. The second kappa shape index (κ2) is 4.69. The first-order valence-corrected chi connectivity index (χ1v) is 6.76. The van der Waals surface area contributed by atoms with Crippen LogP contribution in [0.3, 0.4) is 0 Å². The SMILES string of the molecule is C=C1CC2COC(=O)C2(C/C=C/c2ccccc2)C1. The van der Waals surface area contributed by atoms with Crippen molar-refractivity contribution in [3.8, 4) is 0 Å². The summed E-state index contributed by atoms with van der Waals surface area (Å²) in [7, 11) is 0. The summed E-state index contributed by atoms with van der Waals surface area (Å²) in [6.07, 6.45) is 6.66. The van der Waals surface area contributed by atoms with E-state index in [-0.39, 0.29) is 11.4 Å². The molecule has 2 atom stereocenters. The van der Waals surface area contributed by atoms with Crippen LogP contribution in [0.5, 0.6) is 0 Å². The lowest BCUT2D eigenvalue weighted by Crippen LogP contribution is -2.28. The minimum Gasteiger partial charge on any atom is -0.465 e. The number of carbonyl (C=O) groups is 1. The quantitative estimate of drug-likeness (QED) is 0.608. The second-order valence-corrected chi connectivity index (χ2v) is 5.60. The molecule has 0 radical (unpaired) electrons. The third-order valence-electron chi connectivity index (χ3n) is 4.30. The number of hydrogen-bond donors (Lipinski definition) is 0. The summed E-state index contributed by atoms with van der Waals surface area (Å²) in [6, 6.07) is 10.2. The molecule has 19 heavy (non-hydrogen) atoms. The maximum absolute atomic E-state index is 12.1. The predicted octanol–water partition coefficient (Wildman–Crippen LogP) is 3.60. The first-order valence-electron chi connectivity index (χ1n) is 6.76. The lowest BCUT2D eigenvalue weighted by atomic mass is 9.77. The Hall–Kier alpha value is -1.83. The monoisotopic (exact) mass is 254 g/mol. The molecule has 1 aliphatic heterocycles. The van der Waals surface area contributed by atoms with Crippen molar-refractivity contribution in [3.05, 3.63) is 54.1 Å². The highest BCUT2D eigenvalue weighted by Gasteiger charge is 2.55. The van der Waals surface area contributed by atoms with Crippen LogP contribution in [0.4, 0.5) is 0 Å². The molecule has 0 spiro atoms. The highest BCUT2D eigenvalue weighted by molar-refractivity contribution is 5.81. The van der Waals surface area contributed by atoms with Crippen molar-refractivity contribution >= 4 is 12.0 Å². The molecule has 3 rings (SSSR count). The summed E-state index contributed by atoms with van der Waals surface area (Å²) >= 11 is 0. The van der Waals surface area contributed by atoms with Crippen molar-refractivity contribution in [1.82, 2.24) is 0 Å². The van der Waals surface area contributed by atoms with Crippen molar-refractivity contribution in [3.63, 3.8) is 0 Å². The molecular formula is C17H18O2. The number of carbonyl (C=O) groups excluding carboxylic acids is 1. The summed E-state index contributed by atoms with van der Waals surface area (Å²) in [5, 5.41) is 0. The van der Waals surface area contributed by atoms with Crippen LogP contribution < -0.4 is 0 Å². The van der Waals surface area contributed by atoms with Crippen LogP contribution in [0.1, 0.15) is 24.8 Å². The van der Waals surface area contributed by atoms with Crippen LogP contribution >= 0.6 is 0 Å². The minimum absolute atomic E-state index is 0.0335. The van der Waals surface area contributed by atoms with Gasteiger partial charge in [-0.1, -0.05) is 54.6 Å². The van der Waals surface area contributed by atoms with Crippen molar-refractivity contribution in [2.24, 2.45) is 11.3 Å². The van der Waals surface area contributed by atoms with E-state index in [2.05, 4.69) is 30.9 Å². The molecule has 1 saturated heterocycles. The van der Waals surface area contributed by atoms with Gasteiger partial charge in [-0.05, 0) is 24.8 Å². The van der Waals surface area contributed by atoms with Crippen molar-refractivity contribution < 1.29 is 9.53 Å². The molecule has 1 aromatic carbocycles. The van der Waals surface area contributed by atoms with E-state index in [0.717, 1.165) is 19.3 Å². The molecule has 0 bridgehead atoms. The molecular weight excluding hydrogens is 236 g/mol. The van der Waals surface area contributed by atoms with Crippen molar-refractivity contribution in [2.45, 2.75) is 19.3 Å². The normalized spacial score (nSPS) is 29.8. The third kappa shape index (κ3) is 2.12. The Labute approximate surface area is 113 Å². The molecule has 2 fully saturated rings. The lowest BCUT2D eigenvalue weighted by Gasteiger charge is -2.21. The largest absolute Gasteiger partial charge is 0.465 e. The zero-order chi connectivity index (χ0) is 13.3. The molecule has 2 aliphatic rings. The maximum Gasteiger partial charge on any atom is 0.313 e. The third-order valence-corrected chi connectivity index (χ3v) is 4.30. The Balaban J connectivity index is 1.76. The summed E-state index contributed by atoms with van der Waals surface area (Å²) < 4.78 is 5.26. The minimum atomic E-state index is -0.331. The molecule has 2 heteroatoms. The van der Waals surface area contributed by atoms with E-state index in [1.807, 2.05) is 18.2 Å². The average molecular weight is 254 g/mol. The van der Waals surface area contributed by atoms with Gasteiger partial charge in [-0.25, -0.2) is 0 Å². The van der Waals surface area contributed by atoms with Gasteiger partial charge in [-0.15, -0.1) is 0 Å². The average Bonchev–Trinajstić information content (AvgIpc) is 2.87. The molecule has 1 aromatic rings. The summed E-state index contributed by atoms with van der Waals surface area (Å²) in [5.74, 6) is 0.293. The molecule has 2 nitrogen and oxygen atoms in total. The van der Waals surface area contributed by atoms with Crippen molar-refractivity contribution in [2.75, 3.05) is 6.61 Å². The molecule has 1 heterocycles. The molecule has 0 amide bonds. The summed E-state index contributed by atoms with van der Waals surface area (Å²) in [5.41, 5.74) is 2.02. The van der Waals surface area contributed by atoms with Gasteiger partial charge in [0, 0.05) is 5.92 Å². The van der Waals surface area contributed by atoms with Crippen LogP contribution in [-0.4, -0.2) is 12.6 Å². The molecule has 1 aliphatic carbocycles. The Morgan fingerprint density at radius 1 is 1.37 bits per heavy atom. The fraction of sp³-hybridized carbons (Fsp3) is 0.353. The molecule has 0 aromatic heterocycles. The predicted molar refractivity (Wildman–Crippen MR) is 75.3 cm³/mol. The number of fused-ring (bicyclic) bond motifs is 1. The number of allylic oxidation sites excluding steroid dienone is 2. The Morgan fingerprint density at radius 3 is 2.95 bits per heavy atom. The van der Waals surface area contributed by atoms with E-state index in [0.29, 0.717) is 12.5 Å². The zero-order valence-electron chi connectivity index (χ0n) is 11.0. The van der Waals surface area contributed by atoms with Gasteiger partial charge in [0.2, 0.25) is 0 Å². The second-order valence-electron chi connectivity index (χ2n) is 5.60. The van der Waals surface area contributed by atoms with Gasteiger partial charge in [-0.3, -0.25) is 4.79 Å². The van der Waals surface area contributed by atoms with Crippen LogP contribution in [0, 0.1) is 11.3 Å². The van der Waals surface area contributed by atoms with Gasteiger partial charge in [-0.2, -0.15) is 0 Å². The Bertz CT molecular complexity index is 529. The lowest BCUT2D eigenvalue weighted by molar-refractivity contribution is -0.146.